The summed E-state index contributed by atoms with van der Waals surface area (Å²) >= 11 is 6.19. The molecule has 0 aliphatic carbocycles. The van der Waals surface area contributed by atoms with E-state index in [1.54, 1.807) is 10.7 Å². The van der Waals surface area contributed by atoms with Gasteiger partial charge in [0.25, 0.3) is 0 Å². The summed E-state index contributed by atoms with van der Waals surface area (Å²) in [6.07, 6.45) is -1.69. The molecular formula is C21H19ClF3N3. The molecular weight excluding hydrogens is 387 g/mol. The first kappa shape index (κ1) is 18.9. The predicted octanol–water partition coefficient (Wildman–Crippen LogP) is 6.27. The van der Waals surface area contributed by atoms with Gasteiger partial charge in [-0.3, -0.25) is 0 Å². The van der Waals surface area contributed by atoms with Gasteiger partial charge in [0.1, 0.15) is 5.82 Å². The third-order valence-corrected chi connectivity index (χ3v) is 5.23. The van der Waals surface area contributed by atoms with Gasteiger partial charge in [-0.1, -0.05) is 29.8 Å². The summed E-state index contributed by atoms with van der Waals surface area (Å²) in [5, 5.41) is 8.72. The number of nitrogens with one attached hydrogen (secondary N) is 1. The van der Waals surface area contributed by atoms with Crippen molar-refractivity contribution in [3.63, 3.8) is 0 Å². The average molecular weight is 406 g/mol. The van der Waals surface area contributed by atoms with Crippen LogP contribution in [0.2, 0.25) is 5.02 Å². The van der Waals surface area contributed by atoms with Crippen molar-refractivity contribution < 1.29 is 13.2 Å². The molecule has 1 aromatic heterocycles. The topological polar surface area (TPSA) is 29.9 Å². The van der Waals surface area contributed by atoms with Crippen LogP contribution in [0.3, 0.4) is 0 Å². The van der Waals surface area contributed by atoms with E-state index >= 15 is 0 Å². The summed E-state index contributed by atoms with van der Waals surface area (Å²) in [4.78, 5) is 0. The summed E-state index contributed by atoms with van der Waals surface area (Å²) in [7, 11) is 0. The van der Waals surface area contributed by atoms with Gasteiger partial charge < -0.3 is 5.32 Å². The maximum absolute atomic E-state index is 13.2. The minimum absolute atomic E-state index is 0.466. The van der Waals surface area contributed by atoms with Crippen molar-refractivity contribution in [2.75, 3.05) is 11.9 Å². The van der Waals surface area contributed by atoms with Crippen LogP contribution in [-0.2, 0) is 12.6 Å². The molecule has 0 fully saturated rings. The summed E-state index contributed by atoms with van der Waals surface area (Å²) in [5.41, 5.74) is 3.11. The Morgan fingerprint density at radius 1 is 1.11 bits per heavy atom. The molecule has 1 N–H and O–H groups in total. The van der Waals surface area contributed by atoms with Crippen LogP contribution in [0.25, 0.3) is 16.9 Å². The number of fused-ring (bicyclic) bond motifs is 1. The Bertz CT molecular complexity index is 1020. The van der Waals surface area contributed by atoms with Crippen LogP contribution in [-0.4, -0.2) is 16.3 Å². The molecule has 1 aliphatic rings. The van der Waals surface area contributed by atoms with E-state index in [0.29, 0.717) is 16.3 Å². The van der Waals surface area contributed by atoms with Gasteiger partial charge in [-0.15, -0.1) is 0 Å². The highest BCUT2D eigenvalue weighted by molar-refractivity contribution is 6.30. The van der Waals surface area contributed by atoms with Gasteiger partial charge in [0, 0.05) is 22.7 Å². The van der Waals surface area contributed by atoms with E-state index in [0.717, 1.165) is 54.5 Å². The number of benzene rings is 2. The Morgan fingerprint density at radius 2 is 1.93 bits per heavy atom. The standard InChI is InChI=1S/C21H19ClF3N3/c1-13-8-9-16(22)12-18(13)28-20-17(7-2-3-10-26-20)19(27-28)14-5-4-6-15(11-14)21(23,24)25/h4-6,8-9,11-12,26H,2-3,7,10H2,1H3. The maximum atomic E-state index is 13.2. The lowest BCUT2D eigenvalue weighted by Crippen LogP contribution is -2.08. The summed E-state index contributed by atoms with van der Waals surface area (Å²) in [6, 6.07) is 10.9. The van der Waals surface area contributed by atoms with Crippen LogP contribution < -0.4 is 5.32 Å². The normalized spacial score (nSPS) is 14.3. The largest absolute Gasteiger partial charge is 0.416 e. The molecule has 4 rings (SSSR count). The first-order valence-electron chi connectivity index (χ1n) is 9.14. The molecule has 0 radical (unpaired) electrons. The van der Waals surface area contributed by atoms with E-state index in [1.165, 1.54) is 12.1 Å². The maximum Gasteiger partial charge on any atom is 0.416 e. The third-order valence-electron chi connectivity index (χ3n) is 4.99. The van der Waals surface area contributed by atoms with E-state index in [-0.39, 0.29) is 0 Å². The summed E-state index contributed by atoms with van der Waals surface area (Å²) in [5.74, 6) is 0.829. The number of halogens is 4. The van der Waals surface area contributed by atoms with Gasteiger partial charge in [0.05, 0.1) is 16.9 Å². The highest BCUT2D eigenvalue weighted by atomic mass is 35.5. The molecule has 0 unspecified atom stereocenters. The molecule has 0 amide bonds. The van der Waals surface area contributed by atoms with Gasteiger partial charge in [0.2, 0.25) is 0 Å². The predicted molar refractivity (Wildman–Crippen MR) is 105 cm³/mol. The molecule has 3 nitrogen and oxygen atoms in total. The lowest BCUT2D eigenvalue weighted by atomic mass is 10.0. The van der Waals surface area contributed by atoms with Crippen molar-refractivity contribution in [3.8, 4) is 16.9 Å². The second-order valence-electron chi connectivity index (χ2n) is 6.98. The van der Waals surface area contributed by atoms with Crippen LogP contribution in [0.1, 0.15) is 29.5 Å². The minimum atomic E-state index is -4.39. The zero-order valence-electron chi connectivity index (χ0n) is 15.3. The second-order valence-corrected chi connectivity index (χ2v) is 7.42. The zero-order chi connectivity index (χ0) is 19.9. The lowest BCUT2D eigenvalue weighted by molar-refractivity contribution is -0.137. The Kier molecular flexibility index (Phi) is 4.83. The van der Waals surface area contributed by atoms with E-state index < -0.39 is 11.7 Å². The van der Waals surface area contributed by atoms with Gasteiger partial charge in [-0.25, -0.2) is 4.68 Å². The first-order valence-corrected chi connectivity index (χ1v) is 9.52. The summed E-state index contributed by atoms with van der Waals surface area (Å²) in [6.45, 7) is 2.75. The fourth-order valence-electron chi connectivity index (χ4n) is 3.56. The Morgan fingerprint density at radius 3 is 2.71 bits per heavy atom. The molecule has 2 heterocycles. The van der Waals surface area contributed by atoms with Crippen molar-refractivity contribution in [1.29, 1.82) is 0 Å². The van der Waals surface area contributed by atoms with Gasteiger partial charge in [-0.05, 0) is 56.0 Å². The van der Waals surface area contributed by atoms with Crippen molar-refractivity contribution >= 4 is 17.4 Å². The smallest absolute Gasteiger partial charge is 0.370 e. The monoisotopic (exact) mass is 405 g/mol. The van der Waals surface area contributed by atoms with Crippen LogP contribution in [0, 0.1) is 6.92 Å². The van der Waals surface area contributed by atoms with E-state index in [9.17, 15) is 13.2 Å². The van der Waals surface area contributed by atoms with Gasteiger partial charge >= 0.3 is 6.18 Å². The molecule has 1 aliphatic heterocycles. The number of rotatable bonds is 2. The number of alkyl halides is 3. The van der Waals surface area contributed by atoms with E-state index in [4.69, 9.17) is 16.7 Å². The summed E-state index contributed by atoms with van der Waals surface area (Å²) < 4.78 is 41.4. The third kappa shape index (κ3) is 3.49. The molecule has 0 saturated carbocycles. The molecule has 146 valence electrons. The Balaban J connectivity index is 1.92. The molecule has 0 bridgehead atoms. The number of hydrogen-bond donors (Lipinski definition) is 1. The fraction of sp³-hybridized carbons (Fsp3) is 0.286. The highest BCUT2D eigenvalue weighted by Crippen LogP contribution is 2.37. The van der Waals surface area contributed by atoms with Crippen molar-refractivity contribution in [1.82, 2.24) is 9.78 Å². The number of aromatic nitrogens is 2. The first-order chi connectivity index (χ1) is 13.3. The van der Waals surface area contributed by atoms with Crippen LogP contribution in [0.5, 0.6) is 0 Å². The van der Waals surface area contributed by atoms with Gasteiger partial charge in [0.15, 0.2) is 0 Å². The van der Waals surface area contributed by atoms with Crippen LogP contribution >= 0.6 is 11.6 Å². The highest BCUT2D eigenvalue weighted by Gasteiger charge is 2.31. The Hall–Kier alpha value is -2.47. The molecule has 0 atom stereocenters. The van der Waals surface area contributed by atoms with Gasteiger partial charge in [-0.2, -0.15) is 18.3 Å². The van der Waals surface area contributed by atoms with Crippen molar-refractivity contribution in [2.45, 2.75) is 32.4 Å². The fourth-order valence-corrected chi connectivity index (χ4v) is 3.73. The molecule has 3 aromatic rings. The Labute approximate surface area is 166 Å². The minimum Gasteiger partial charge on any atom is -0.370 e. The van der Waals surface area contributed by atoms with Crippen molar-refractivity contribution in [2.24, 2.45) is 0 Å². The SMILES string of the molecule is Cc1ccc(Cl)cc1-n1nc(-c2cccc(C(F)(F)F)c2)c2c1NCCCC2. The number of aryl methyl sites for hydroxylation is 1. The quantitative estimate of drug-likeness (QED) is 0.544. The molecule has 7 heteroatoms. The van der Waals surface area contributed by atoms with Crippen LogP contribution in [0.4, 0.5) is 19.0 Å². The lowest BCUT2D eigenvalue weighted by Gasteiger charge is -2.12. The molecule has 0 spiro atoms. The number of nitrogens with zero attached hydrogens (tertiary/aromatic N) is 2. The number of anilines is 1. The van der Waals surface area contributed by atoms with E-state index in [1.807, 2.05) is 25.1 Å². The average Bonchev–Trinajstić information content (AvgIpc) is 2.84. The molecule has 28 heavy (non-hydrogen) atoms. The molecule has 2 aromatic carbocycles. The van der Waals surface area contributed by atoms with Crippen LogP contribution in [0.15, 0.2) is 42.5 Å². The number of hydrogen-bond acceptors (Lipinski definition) is 2. The van der Waals surface area contributed by atoms with E-state index in [2.05, 4.69) is 5.32 Å². The second kappa shape index (κ2) is 7.17. The van der Waals surface area contributed by atoms with Crippen molar-refractivity contribution in [3.05, 3.63) is 64.2 Å². The molecule has 0 saturated heterocycles. The zero-order valence-corrected chi connectivity index (χ0v) is 16.0.